The van der Waals surface area contributed by atoms with Gasteiger partial charge in [0.1, 0.15) is 11.6 Å². The number of aromatic nitrogens is 1. The summed E-state index contributed by atoms with van der Waals surface area (Å²) in [7, 11) is 0. The predicted molar refractivity (Wildman–Crippen MR) is 99.0 cm³/mol. The Morgan fingerprint density at radius 2 is 2.25 bits per heavy atom. The third-order valence-corrected chi connectivity index (χ3v) is 4.80. The lowest BCUT2D eigenvalue weighted by molar-refractivity contribution is -0.137. The largest absolute Gasteiger partial charge is 0.451 e. The van der Waals surface area contributed by atoms with Crippen molar-refractivity contribution in [1.29, 1.82) is 0 Å². The number of carbonyl (C=O) groups excluding carboxylic acids is 1. The number of benzene rings is 1. The lowest BCUT2D eigenvalue weighted by Gasteiger charge is -2.22. The standard InChI is InChI=1S/C15H10BrCl2N3O2S/c16-7-23-15(22)10-6-20-13(14-19-3-4-24-14)21-12(10)9-2-1-8(17)5-11(9)18/h1-6,12H,7H2,(H,20,21). The van der Waals surface area contributed by atoms with Crippen LogP contribution in [0.5, 0.6) is 0 Å². The highest BCUT2D eigenvalue weighted by Crippen LogP contribution is 2.35. The van der Waals surface area contributed by atoms with Crippen LogP contribution in [-0.4, -0.2) is 22.3 Å². The smallest absolute Gasteiger partial charge is 0.338 e. The number of thiazole rings is 1. The van der Waals surface area contributed by atoms with Gasteiger partial charge in [0, 0.05) is 33.4 Å². The first-order valence-corrected chi connectivity index (χ1v) is 9.48. The molecule has 1 aliphatic rings. The number of nitrogens with zero attached hydrogens (tertiary/aromatic N) is 2. The van der Waals surface area contributed by atoms with Crippen LogP contribution in [0.15, 0.2) is 46.5 Å². The summed E-state index contributed by atoms with van der Waals surface area (Å²) in [5, 5.41) is 6.49. The molecule has 0 saturated carbocycles. The molecule has 124 valence electrons. The van der Waals surface area contributed by atoms with Crippen LogP contribution in [0.3, 0.4) is 0 Å². The van der Waals surface area contributed by atoms with Crippen LogP contribution in [0.25, 0.3) is 0 Å². The first-order chi connectivity index (χ1) is 11.6. The maximum Gasteiger partial charge on any atom is 0.338 e. The zero-order valence-corrected chi connectivity index (χ0v) is 15.9. The Labute approximate surface area is 160 Å². The average Bonchev–Trinajstić information content (AvgIpc) is 3.09. The van der Waals surface area contributed by atoms with E-state index in [1.807, 2.05) is 5.38 Å². The van der Waals surface area contributed by atoms with E-state index in [0.29, 0.717) is 32.0 Å². The van der Waals surface area contributed by atoms with Gasteiger partial charge in [0.05, 0.1) is 5.57 Å². The molecule has 0 amide bonds. The van der Waals surface area contributed by atoms with Crippen molar-refractivity contribution < 1.29 is 9.53 Å². The zero-order valence-electron chi connectivity index (χ0n) is 12.0. The molecule has 1 N–H and O–H groups in total. The quantitative estimate of drug-likeness (QED) is 0.561. The van der Waals surface area contributed by atoms with Gasteiger partial charge in [0.15, 0.2) is 10.8 Å². The Morgan fingerprint density at radius 1 is 1.42 bits per heavy atom. The van der Waals surface area contributed by atoms with Gasteiger partial charge in [0.2, 0.25) is 0 Å². The molecule has 5 nitrogen and oxygen atoms in total. The van der Waals surface area contributed by atoms with Gasteiger partial charge in [-0.3, -0.25) is 4.99 Å². The van der Waals surface area contributed by atoms with Gasteiger partial charge < -0.3 is 10.1 Å². The number of carbonyl (C=O) groups is 1. The molecule has 0 bridgehead atoms. The van der Waals surface area contributed by atoms with E-state index in [1.54, 1.807) is 30.6 Å². The summed E-state index contributed by atoms with van der Waals surface area (Å²) in [4.78, 5) is 21.1. The van der Waals surface area contributed by atoms with Crippen LogP contribution in [-0.2, 0) is 9.53 Å². The highest BCUT2D eigenvalue weighted by Gasteiger charge is 2.29. The second kappa shape index (κ2) is 7.65. The molecule has 2 aromatic rings. The Kier molecular flexibility index (Phi) is 5.55. The molecule has 0 aliphatic carbocycles. The molecule has 9 heteroatoms. The van der Waals surface area contributed by atoms with Crippen molar-refractivity contribution >= 4 is 62.3 Å². The lowest BCUT2D eigenvalue weighted by atomic mass is 9.98. The first-order valence-electron chi connectivity index (χ1n) is 6.72. The van der Waals surface area contributed by atoms with Crippen LogP contribution in [0.4, 0.5) is 0 Å². The molecule has 3 rings (SSSR count). The van der Waals surface area contributed by atoms with Gasteiger partial charge >= 0.3 is 5.97 Å². The van der Waals surface area contributed by atoms with Crippen molar-refractivity contribution in [3.63, 3.8) is 0 Å². The number of hydrogen-bond donors (Lipinski definition) is 1. The fraction of sp³-hybridized carbons (Fsp3) is 0.133. The summed E-state index contributed by atoms with van der Waals surface area (Å²) in [6.45, 7) is 0. The van der Waals surface area contributed by atoms with Gasteiger partial charge in [0.25, 0.3) is 0 Å². The Hall–Kier alpha value is -1.41. The number of rotatable bonds is 4. The van der Waals surface area contributed by atoms with E-state index < -0.39 is 12.0 Å². The third-order valence-electron chi connectivity index (χ3n) is 3.23. The Morgan fingerprint density at radius 3 is 2.92 bits per heavy atom. The molecule has 1 aromatic carbocycles. The van der Waals surface area contributed by atoms with Crippen molar-refractivity contribution in [3.8, 4) is 0 Å². The Balaban J connectivity index is 2.04. The summed E-state index contributed by atoms with van der Waals surface area (Å²) in [5.74, 6) is 0.0775. The van der Waals surface area contributed by atoms with E-state index in [4.69, 9.17) is 27.9 Å². The molecular formula is C15H10BrCl2N3O2S. The average molecular weight is 447 g/mol. The fourth-order valence-electron chi connectivity index (χ4n) is 2.18. The first kappa shape index (κ1) is 17.4. The monoisotopic (exact) mass is 445 g/mol. The summed E-state index contributed by atoms with van der Waals surface area (Å²) in [6, 6.07) is 4.46. The third kappa shape index (κ3) is 3.64. The summed E-state index contributed by atoms with van der Waals surface area (Å²) in [5.41, 5.74) is 1.10. The second-order valence-corrected chi connectivity index (χ2v) is 6.86. The van der Waals surface area contributed by atoms with E-state index in [1.165, 1.54) is 11.3 Å². The molecule has 1 unspecified atom stereocenters. The van der Waals surface area contributed by atoms with Gasteiger partial charge in [-0.25, -0.2) is 9.78 Å². The molecule has 24 heavy (non-hydrogen) atoms. The molecule has 0 fully saturated rings. The van der Waals surface area contributed by atoms with Crippen molar-refractivity contribution in [2.24, 2.45) is 4.99 Å². The maximum absolute atomic E-state index is 12.2. The van der Waals surface area contributed by atoms with E-state index in [-0.39, 0.29) is 5.52 Å². The number of halogens is 3. The molecule has 0 spiro atoms. The van der Waals surface area contributed by atoms with E-state index >= 15 is 0 Å². The zero-order chi connectivity index (χ0) is 17.1. The molecule has 2 heterocycles. The number of nitrogens with one attached hydrogen (secondary N) is 1. The number of esters is 1. The van der Waals surface area contributed by atoms with E-state index in [2.05, 4.69) is 31.2 Å². The number of amidine groups is 1. The lowest BCUT2D eigenvalue weighted by Crippen LogP contribution is -2.28. The maximum atomic E-state index is 12.2. The topological polar surface area (TPSA) is 63.6 Å². The van der Waals surface area contributed by atoms with Gasteiger partial charge in [-0.05, 0) is 28.1 Å². The summed E-state index contributed by atoms with van der Waals surface area (Å²) < 4.78 is 5.04. The predicted octanol–water partition coefficient (Wildman–Crippen LogP) is 4.32. The van der Waals surface area contributed by atoms with Gasteiger partial charge in [-0.15, -0.1) is 11.3 Å². The van der Waals surface area contributed by atoms with Gasteiger partial charge in [-0.1, -0.05) is 29.3 Å². The van der Waals surface area contributed by atoms with Crippen LogP contribution >= 0.6 is 50.5 Å². The van der Waals surface area contributed by atoms with Crippen LogP contribution in [0.2, 0.25) is 10.0 Å². The number of ether oxygens (including phenoxy) is 1. The molecule has 0 radical (unpaired) electrons. The van der Waals surface area contributed by atoms with E-state index in [9.17, 15) is 4.79 Å². The van der Waals surface area contributed by atoms with Crippen molar-refractivity contribution in [2.45, 2.75) is 6.04 Å². The fourth-order valence-corrected chi connectivity index (χ4v) is 3.50. The van der Waals surface area contributed by atoms with Crippen LogP contribution in [0, 0.1) is 0 Å². The minimum Gasteiger partial charge on any atom is -0.451 e. The number of alkyl halides is 1. The minimum absolute atomic E-state index is 0.0906. The van der Waals surface area contributed by atoms with Crippen LogP contribution in [0.1, 0.15) is 16.6 Å². The highest BCUT2D eigenvalue weighted by molar-refractivity contribution is 9.09. The summed E-state index contributed by atoms with van der Waals surface area (Å²) in [6.07, 6.45) is 3.26. The Bertz CT molecular complexity index is 824. The molecule has 1 aliphatic heterocycles. The molecule has 1 aromatic heterocycles. The van der Waals surface area contributed by atoms with Crippen molar-refractivity contribution in [1.82, 2.24) is 10.3 Å². The summed E-state index contributed by atoms with van der Waals surface area (Å²) >= 11 is 16.8. The number of aliphatic imine (C=N–C) groups is 1. The number of hydrogen-bond acceptors (Lipinski definition) is 6. The van der Waals surface area contributed by atoms with Crippen molar-refractivity contribution in [2.75, 3.05) is 5.52 Å². The van der Waals surface area contributed by atoms with Gasteiger partial charge in [-0.2, -0.15) is 0 Å². The SMILES string of the molecule is O=C(OCBr)C1=CNC(c2nccs2)=NC1c1ccc(Cl)cc1Cl. The van der Waals surface area contributed by atoms with Crippen molar-refractivity contribution in [3.05, 3.63) is 62.2 Å². The normalized spacial score (nSPS) is 16.9. The van der Waals surface area contributed by atoms with E-state index in [0.717, 1.165) is 0 Å². The molecular weight excluding hydrogens is 437 g/mol. The minimum atomic E-state index is -0.610. The molecule has 1 atom stereocenters. The second-order valence-electron chi connectivity index (χ2n) is 4.67. The molecule has 0 saturated heterocycles. The highest BCUT2D eigenvalue weighted by atomic mass is 79.9. The van der Waals surface area contributed by atoms with Crippen LogP contribution < -0.4 is 5.32 Å².